The Balaban J connectivity index is 1.57. The van der Waals surface area contributed by atoms with Gasteiger partial charge in [0.2, 0.25) is 5.91 Å². The maximum absolute atomic E-state index is 12.1. The van der Waals surface area contributed by atoms with Crippen molar-refractivity contribution in [3.05, 3.63) is 83.6 Å². The van der Waals surface area contributed by atoms with E-state index in [-0.39, 0.29) is 11.0 Å². The van der Waals surface area contributed by atoms with Crippen LogP contribution in [0, 0.1) is 13.8 Å². The summed E-state index contributed by atoms with van der Waals surface area (Å²) in [5, 5.41) is 5.92. The molecule has 0 saturated carbocycles. The maximum atomic E-state index is 12.1. The number of nitrogens with one attached hydrogen (secondary N) is 2. The summed E-state index contributed by atoms with van der Waals surface area (Å²) in [6.07, 6.45) is 3.01. The highest BCUT2D eigenvalue weighted by Crippen LogP contribution is 2.22. The Morgan fingerprint density at radius 1 is 1.04 bits per heavy atom. The summed E-state index contributed by atoms with van der Waals surface area (Å²) in [6.45, 7) is 4.01. The van der Waals surface area contributed by atoms with E-state index in [1.807, 2.05) is 74.5 Å². The number of amides is 1. The van der Waals surface area contributed by atoms with Gasteiger partial charge in [-0.15, -0.1) is 0 Å². The number of carbonyl (C=O) groups excluding carboxylic acids is 1. The average molecular weight is 376 g/mol. The monoisotopic (exact) mass is 376 g/mol. The van der Waals surface area contributed by atoms with E-state index < -0.39 is 0 Å². The van der Waals surface area contributed by atoms with Gasteiger partial charge in [-0.05, 0) is 55.9 Å². The Hall–Kier alpha value is -3.18. The predicted molar refractivity (Wildman–Crippen MR) is 113 cm³/mol. The summed E-state index contributed by atoms with van der Waals surface area (Å²) in [4.78, 5) is 12.1. The fourth-order valence-corrected chi connectivity index (χ4v) is 2.83. The van der Waals surface area contributed by atoms with Gasteiger partial charge >= 0.3 is 0 Å². The first kappa shape index (κ1) is 18.6. The highest BCUT2D eigenvalue weighted by molar-refractivity contribution is 7.80. The minimum atomic E-state index is -0.324. The molecule has 0 aliphatic carbocycles. The Morgan fingerprint density at radius 2 is 1.81 bits per heavy atom. The van der Waals surface area contributed by atoms with E-state index in [2.05, 4.69) is 10.6 Å². The van der Waals surface area contributed by atoms with Crippen molar-refractivity contribution in [2.24, 2.45) is 0 Å². The quantitative estimate of drug-likeness (QED) is 0.492. The van der Waals surface area contributed by atoms with Crippen LogP contribution in [0.25, 0.3) is 17.4 Å². The summed E-state index contributed by atoms with van der Waals surface area (Å²) in [6, 6.07) is 19.5. The smallest absolute Gasteiger partial charge is 0.250 e. The number of hydrogen-bond acceptors (Lipinski definition) is 3. The summed E-state index contributed by atoms with van der Waals surface area (Å²) in [7, 11) is 0. The minimum Gasteiger partial charge on any atom is -0.457 e. The van der Waals surface area contributed by atoms with Crippen molar-refractivity contribution in [3.8, 4) is 11.3 Å². The Bertz CT molecular complexity index is 991. The lowest BCUT2D eigenvalue weighted by Gasteiger charge is -2.11. The molecule has 3 aromatic rings. The molecule has 4 nitrogen and oxygen atoms in total. The van der Waals surface area contributed by atoms with Gasteiger partial charge in [0.15, 0.2) is 5.11 Å². The topological polar surface area (TPSA) is 54.3 Å². The second kappa shape index (κ2) is 8.47. The molecule has 3 rings (SSSR count). The van der Waals surface area contributed by atoms with Crippen molar-refractivity contribution < 1.29 is 9.21 Å². The van der Waals surface area contributed by atoms with E-state index in [0.29, 0.717) is 5.76 Å². The zero-order valence-corrected chi connectivity index (χ0v) is 16.0. The minimum absolute atomic E-state index is 0.251. The summed E-state index contributed by atoms with van der Waals surface area (Å²) < 4.78 is 5.73. The molecule has 0 radical (unpaired) electrons. The number of aryl methyl sites for hydroxylation is 2. The van der Waals surface area contributed by atoms with Gasteiger partial charge < -0.3 is 9.73 Å². The first-order chi connectivity index (χ1) is 13.0. The summed E-state index contributed by atoms with van der Waals surface area (Å²) >= 11 is 5.20. The van der Waals surface area contributed by atoms with Gasteiger partial charge in [-0.2, -0.15) is 0 Å². The molecule has 2 aromatic carbocycles. The third-order valence-electron chi connectivity index (χ3n) is 3.95. The molecule has 2 N–H and O–H groups in total. The molecule has 0 fully saturated rings. The SMILES string of the molecule is Cc1ccc(NC(=S)NC(=O)/C=C/c2ccc(-c3ccccc3)o2)c(C)c1. The Morgan fingerprint density at radius 3 is 2.56 bits per heavy atom. The van der Waals surface area contributed by atoms with Crippen LogP contribution >= 0.6 is 12.2 Å². The van der Waals surface area contributed by atoms with E-state index in [1.54, 1.807) is 6.08 Å². The van der Waals surface area contributed by atoms with Crippen LogP contribution in [-0.2, 0) is 4.79 Å². The molecule has 1 heterocycles. The van der Waals surface area contributed by atoms with Crippen LogP contribution in [0.4, 0.5) is 5.69 Å². The molecule has 5 heteroatoms. The van der Waals surface area contributed by atoms with Crippen LogP contribution in [-0.4, -0.2) is 11.0 Å². The lowest BCUT2D eigenvalue weighted by molar-refractivity contribution is -0.115. The molecule has 136 valence electrons. The Kier molecular flexibility index (Phi) is 5.84. The fourth-order valence-electron chi connectivity index (χ4n) is 2.62. The molecule has 0 aliphatic heterocycles. The molecular formula is C22H20N2O2S. The van der Waals surface area contributed by atoms with Gasteiger partial charge in [-0.1, -0.05) is 48.0 Å². The third-order valence-corrected chi connectivity index (χ3v) is 4.16. The van der Waals surface area contributed by atoms with Crippen LogP contribution < -0.4 is 10.6 Å². The highest BCUT2D eigenvalue weighted by atomic mass is 32.1. The molecule has 0 atom stereocenters. The van der Waals surface area contributed by atoms with E-state index in [1.165, 1.54) is 11.6 Å². The molecule has 1 aromatic heterocycles. The first-order valence-electron chi connectivity index (χ1n) is 8.54. The molecule has 0 aliphatic rings. The number of benzene rings is 2. The summed E-state index contributed by atoms with van der Waals surface area (Å²) in [5.74, 6) is 1.02. The van der Waals surface area contributed by atoms with Crippen molar-refractivity contribution in [3.63, 3.8) is 0 Å². The van der Waals surface area contributed by atoms with Crippen LogP contribution in [0.15, 0.2) is 71.2 Å². The van der Waals surface area contributed by atoms with Crippen LogP contribution in [0.2, 0.25) is 0 Å². The number of thiocarbonyl (C=S) groups is 1. The van der Waals surface area contributed by atoms with E-state index in [0.717, 1.165) is 22.6 Å². The number of carbonyl (C=O) groups is 1. The van der Waals surface area contributed by atoms with Crippen LogP contribution in [0.1, 0.15) is 16.9 Å². The standard InChI is InChI=1S/C22H20N2O2S/c1-15-8-11-19(16(2)14-15)23-22(27)24-21(25)13-10-18-9-12-20(26-18)17-6-4-3-5-7-17/h3-14H,1-2H3,(H2,23,24,25,27)/b13-10+. The van der Waals surface area contributed by atoms with E-state index >= 15 is 0 Å². The largest absolute Gasteiger partial charge is 0.457 e. The zero-order valence-electron chi connectivity index (χ0n) is 15.2. The third kappa shape index (κ3) is 5.15. The molecule has 0 unspecified atom stereocenters. The number of furan rings is 1. The second-order valence-corrected chi connectivity index (χ2v) is 6.57. The molecule has 27 heavy (non-hydrogen) atoms. The van der Waals surface area contributed by atoms with Crippen molar-refractivity contribution in [2.45, 2.75) is 13.8 Å². The van der Waals surface area contributed by atoms with E-state index in [4.69, 9.17) is 16.6 Å². The normalized spacial score (nSPS) is 10.7. The fraction of sp³-hybridized carbons (Fsp3) is 0.0909. The van der Waals surface area contributed by atoms with Gasteiger partial charge in [-0.25, -0.2) is 0 Å². The molecule has 0 saturated heterocycles. The lowest BCUT2D eigenvalue weighted by atomic mass is 10.1. The van der Waals surface area contributed by atoms with Gasteiger partial charge in [-0.3, -0.25) is 10.1 Å². The molecule has 0 spiro atoms. The molecular weight excluding hydrogens is 356 g/mol. The average Bonchev–Trinajstić information content (AvgIpc) is 3.12. The number of anilines is 1. The van der Waals surface area contributed by atoms with Crippen LogP contribution in [0.5, 0.6) is 0 Å². The zero-order chi connectivity index (χ0) is 19.2. The molecule has 1 amide bonds. The van der Waals surface area contributed by atoms with Gasteiger partial charge in [0.05, 0.1) is 0 Å². The van der Waals surface area contributed by atoms with Crippen molar-refractivity contribution in [2.75, 3.05) is 5.32 Å². The number of hydrogen-bond donors (Lipinski definition) is 2. The second-order valence-electron chi connectivity index (χ2n) is 6.16. The maximum Gasteiger partial charge on any atom is 0.250 e. The van der Waals surface area contributed by atoms with Gasteiger partial charge in [0.1, 0.15) is 11.5 Å². The first-order valence-corrected chi connectivity index (χ1v) is 8.94. The number of rotatable bonds is 4. The lowest BCUT2D eigenvalue weighted by Crippen LogP contribution is -2.33. The van der Waals surface area contributed by atoms with Gasteiger partial charge in [0, 0.05) is 17.3 Å². The highest BCUT2D eigenvalue weighted by Gasteiger charge is 2.05. The van der Waals surface area contributed by atoms with Crippen molar-refractivity contribution in [1.29, 1.82) is 0 Å². The van der Waals surface area contributed by atoms with E-state index in [9.17, 15) is 4.79 Å². The van der Waals surface area contributed by atoms with Crippen molar-refractivity contribution >= 4 is 35.0 Å². The van der Waals surface area contributed by atoms with Gasteiger partial charge in [0.25, 0.3) is 0 Å². The summed E-state index contributed by atoms with van der Waals surface area (Å²) in [5.41, 5.74) is 4.09. The Labute approximate surface area is 163 Å². The predicted octanol–water partition coefficient (Wildman–Crippen LogP) is 5.09. The van der Waals surface area contributed by atoms with Crippen molar-refractivity contribution in [1.82, 2.24) is 5.32 Å². The van der Waals surface area contributed by atoms with Crippen LogP contribution in [0.3, 0.4) is 0 Å². The molecule has 0 bridgehead atoms.